The third-order valence-corrected chi connectivity index (χ3v) is 4.25. The highest BCUT2D eigenvalue weighted by Crippen LogP contribution is 2.32. The van der Waals surface area contributed by atoms with Gasteiger partial charge < -0.3 is 4.74 Å². The Labute approximate surface area is 109 Å². The van der Waals surface area contributed by atoms with E-state index < -0.39 is 0 Å². The first kappa shape index (κ1) is 11.8. The molecule has 0 spiro atoms. The van der Waals surface area contributed by atoms with Crippen LogP contribution in [0, 0.1) is 5.82 Å². The van der Waals surface area contributed by atoms with E-state index in [1.54, 1.807) is 23.5 Å². The standard InChI is InChI=1S/C14H14FNOS/c15-12-4-2-1-3-11(12)13-9-18-14(16-13)10-5-7-17-8-6-10/h1-4,9-10H,5-8H2. The largest absolute Gasteiger partial charge is 0.381 e. The van der Waals surface area contributed by atoms with Crippen molar-refractivity contribution in [2.45, 2.75) is 18.8 Å². The van der Waals surface area contributed by atoms with Gasteiger partial charge in [0.2, 0.25) is 0 Å². The Morgan fingerprint density at radius 1 is 1.22 bits per heavy atom. The van der Waals surface area contributed by atoms with Crippen LogP contribution in [0.2, 0.25) is 0 Å². The Hall–Kier alpha value is -1.26. The summed E-state index contributed by atoms with van der Waals surface area (Å²) < 4.78 is 19.0. The molecule has 0 unspecified atom stereocenters. The number of nitrogens with zero attached hydrogens (tertiary/aromatic N) is 1. The summed E-state index contributed by atoms with van der Waals surface area (Å²) >= 11 is 1.63. The predicted octanol–water partition coefficient (Wildman–Crippen LogP) is 3.84. The fraction of sp³-hybridized carbons (Fsp3) is 0.357. The van der Waals surface area contributed by atoms with E-state index in [1.807, 2.05) is 11.4 Å². The Balaban J connectivity index is 1.87. The maximum absolute atomic E-state index is 13.7. The molecule has 1 fully saturated rings. The van der Waals surface area contributed by atoms with Gasteiger partial charge in [0.05, 0.1) is 10.7 Å². The lowest BCUT2D eigenvalue weighted by Gasteiger charge is -2.19. The Morgan fingerprint density at radius 2 is 2.00 bits per heavy atom. The third kappa shape index (κ3) is 2.31. The molecule has 0 radical (unpaired) electrons. The molecule has 0 bridgehead atoms. The SMILES string of the molecule is Fc1ccccc1-c1csc(C2CCOCC2)n1. The Kier molecular flexibility index (Phi) is 3.39. The van der Waals surface area contributed by atoms with E-state index in [4.69, 9.17) is 4.74 Å². The summed E-state index contributed by atoms with van der Waals surface area (Å²) in [6.45, 7) is 1.61. The van der Waals surface area contributed by atoms with Crippen molar-refractivity contribution in [1.82, 2.24) is 4.98 Å². The minimum atomic E-state index is -0.207. The van der Waals surface area contributed by atoms with Crippen molar-refractivity contribution >= 4 is 11.3 Å². The molecule has 18 heavy (non-hydrogen) atoms. The van der Waals surface area contributed by atoms with Gasteiger partial charge in [0.15, 0.2) is 0 Å². The van der Waals surface area contributed by atoms with Crippen molar-refractivity contribution in [1.29, 1.82) is 0 Å². The number of benzene rings is 1. The number of rotatable bonds is 2. The van der Waals surface area contributed by atoms with Crippen LogP contribution in [0.4, 0.5) is 4.39 Å². The van der Waals surface area contributed by atoms with Crippen LogP contribution < -0.4 is 0 Å². The second-order valence-corrected chi connectivity index (χ2v) is 5.33. The number of hydrogen-bond donors (Lipinski definition) is 0. The van der Waals surface area contributed by atoms with Crippen LogP contribution in [0.25, 0.3) is 11.3 Å². The molecule has 0 aliphatic carbocycles. The zero-order valence-corrected chi connectivity index (χ0v) is 10.8. The van der Waals surface area contributed by atoms with E-state index in [-0.39, 0.29) is 5.82 Å². The summed E-state index contributed by atoms with van der Waals surface area (Å²) in [6.07, 6.45) is 2.04. The molecular weight excluding hydrogens is 249 g/mol. The molecule has 0 atom stereocenters. The summed E-state index contributed by atoms with van der Waals surface area (Å²) in [6, 6.07) is 6.79. The quantitative estimate of drug-likeness (QED) is 0.821. The van der Waals surface area contributed by atoms with Crippen LogP contribution in [-0.4, -0.2) is 18.2 Å². The van der Waals surface area contributed by atoms with E-state index in [2.05, 4.69) is 4.98 Å². The Morgan fingerprint density at radius 3 is 2.78 bits per heavy atom. The van der Waals surface area contributed by atoms with Gasteiger partial charge >= 0.3 is 0 Å². The number of thiazole rings is 1. The van der Waals surface area contributed by atoms with Gasteiger partial charge in [-0.2, -0.15) is 0 Å². The first-order valence-electron chi connectivity index (χ1n) is 6.12. The highest BCUT2D eigenvalue weighted by atomic mass is 32.1. The van der Waals surface area contributed by atoms with Crippen molar-refractivity contribution in [2.75, 3.05) is 13.2 Å². The molecule has 94 valence electrons. The molecular formula is C14H14FNOS. The molecule has 0 N–H and O–H groups in total. The van der Waals surface area contributed by atoms with Gasteiger partial charge in [-0.3, -0.25) is 0 Å². The summed E-state index contributed by atoms with van der Waals surface area (Å²) in [4.78, 5) is 4.59. The molecule has 2 heterocycles. The normalized spacial score (nSPS) is 16.9. The van der Waals surface area contributed by atoms with Crippen LogP contribution in [-0.2, 0) is 4.74 Å². The van der Waals surface area contributed by atoms with Crippen LogP contribution in [0.3, 0.4) is 0 Å². The van der Waals surface area contributed by atoms with E-state index in [9.17, 15) is 4.39 Å². The molecule has 1 aliphatic heterocycles. The first-order valence-corrected chi connectivity index (χ1v) is 7.00. The summed E-state index contributed by atoms with van der Waals surface area (Å²) in [7, 11) is 0. The van der Waals surface area contributed by atoms with Gasteiger partial charge in [0, 0.05) is 30.1 Å². The van der Waals surface area contributed by atoms with Crippen LogP contribution in [0.1, 0.15) is 23.8 Å². The second-order valence-electron chi connectivity index (χ2n) is 4.44. The van der Waals surface area contributed by atoms with E-state index in [0.29, 0.717) is 11.5 Å². The molecule has 2 nitrogen and oxygen atoms in total. The number of aromatic nitrogens is 1. The second kappa shape index (κ2) is 5.16. The minimum absolute atomic E-state index is 0.207. The van der Waals surface area contributed by atoms with E-state index in [1.165, 1.54) is 6.07 Å². The van der Waals surface area contributed by atoms with Crippen molar-refractivity contribution in [3.8, 4) is 11.3 Å². The topological polar surface area (TPSA) is 22.1 Å². The average Bonchev–Trinajstić information content (AvgIpc) is 2.90. The number of halogens is 1. The third-order valence-electron chi connectivity index (χ3n) is 3.24. The molecule has 1 aromatic carbocycles. The van der Waals surface area contributed by atoms with Gasteiger partial charge in [-0.1, -0.05) is 12.1 Å². The lowest BCUT2D eigenvalue weighted by atomic mass is 10.0. The highest BCUT2D eigenvalue weighted by molar-refractivity contribution is 7.10. The van der Waals surface area contributed by atoms with Gasteiger partial charge in [0.25, 0.3) is 0 Å². The smallest absolute Gasteiger partial charge is 0.132 e. The van der Waals surface area contributed by atoms with Crippen LogP contribution in [0.5, 0.6) is 0 Å². The van der Waals surface area contributed by atoms with Crippen molar-refractivity contribution in [3.63, 3.8) is 0 Å². The molecule has 1 aliphatic rings. The van der Waals surface area contributed by atoms with Gasteiger partial charge in [0.1, 0.15) is 5.82 Å². The maximum Gasteiger partial charge on any atom is 0.132 e. The summed E-state index contributed by atoms with van der Waals surface area (Å²) in [5.74, 6) is 0.269. The van der Waals surface area contributed by atoms with Crippen molar-refractivity contribution in [2.24, 2.45) is 0 Å². The lowest BCUT2D eigenvalue weighted by Crippen LogP contribution is -2.13. The molecule has 1 saturated heterocycles. The molecule has 2 aromatic rings. The average molecular weight is 263 g/mol. The minimum Gasteiger partial charge on any atom is -0.381 e. The predicted molar refractivity (Wildman–Crippen MR) is 70.3 cm³/mol. The molecule has 4 heteroatoms. The number of ether oxygens (including phenoxy) is 1. The monoisotopic (exact) mass is 263 g/mol. The van der Waals surface area contributed by atoms with Gasteiger partial charge in [-0.15, -0.1) is 11.3 Å². The zero-order chi connectivity index (χ0) is 12.4. The first-order chi connectivity index (χ1) is 8.84. The highest BCUT2D eigenvalue weighted by Gasteiger charge is 2.19. The maximum atomic E-state index is 13.7. The fourth-order valence-electron chi connectivity index (χ4n) is 2.21. The number of hydrogen-bond acceptors (Lipinski definition) is 3. The van der Waals surface area contributed by atoms with Crippen molar-refractivity contribution in [3.05, 3.63) is 40.5 Å². The molecule has 0 amide bonds. The van der Waals surface area contributed by atoms with Crippen LogP contribution in [0.15, 0.2) is 29.6 Å². The van der Waals surface area contributed by atoms with Crippen LogP contribution >= 0.6 is 11.3 Å². The molecule has 0 saturated carbocycles. The Bertz CT molecular complexity index is 534. The van der Waals surface area contributed by atoms with Crippen molar-refractivity contribution < 1.29 is 9.13 Å². The lowest BCUT2D eigenvalue weighted by molar-refractivity contribution is 0.0853. The van der Waals surface area contributed by atoms with Gasteiger partial charge in [-0.25, -0.2) is 9.37 Å². The molecule has 1 aromatic heterocycles. The fourth-order valence-corrected chi connectivity index (χ4v) is 3.20. The summed E-state index contributed by atoms with van der Waals surface area (Å²) in [5.41, 5.74) is 1.34. The van der Waals surface area contributed by atoms with E-state index in [0.717, 1.165) is 36.8 Å². The molecule has 3 rings (SSSR count). The zero-order valence-electron chi connectivity index (χ0n) is 9.93. The summed E-state index contributed by atoms with van der Waals surface area (Å²) in [5, 5.41) is 3.06. The van der Waals surface area contributed by atoms with E-state index >= 15 is 0 Å². The van der Waals surface area contributed by atoms with Gasteiger partial charge in [-0.05, 0) is 25.0 Å².